The summed E-state index contributed by atoms with van der Waals surface area (Å²) in [4.78, 5) is 7.74. The largest absolute Gasteiger partial charge is 0.376 e. The fraction of sp³-hybridized carbons (Fsp3) is 0.600. The van der Waals surface area contributed by atoms with Crippen molar-refractivity contribution in [3.05, 3.63) is 21.7 Å². The monoisotopic (exact) mass is 242 g/mol. The van der Waals surface area contributed by atoms with Gasteiger partial charge in [0, 0.05) is 17.7 Å². The van der Waals surface area contributed by atoms with E-state index in [0.29, 0.717) is 11.2 Å². The zero-order valence-corrected chi connectivity index (χ0v) is 10.3. The summed E-state index contributed by atoms with van der Waals surface area (Å²) >= 11 is 7.11. The molecule has 1 aliphatic heterocycles. The highest BCUT2D eigenvalue weighted by Gasteiger charge is 2.13. The van der Waals surface area contributed by atoms with E-state index in [1.807, 2.05) is 11.8 Å². The van der Waals surface area contributed by atoms with Gasteiger partial charge >= 0.3 is 0 Å². The number of H-pyrrole nitrogens is 1. The van der Waals surface area contributed by atoms with Crippen LogP contribution in [0.15, 0.2) is 0 Å². The summed E-state index contributed by atoms with van der Waals surface area (Å²) in [6, 6.07) is 0. The Morgan fingerprint density at radius 1 is 1.60 bits per heavy atom. The maximum absolute atomic E-state index is 5.37. The maximum Gasteiger partial charge on any atom is 0.135 e. The predicted octanol–water partition coefficient (Wildman–Crippen LogP) is 2.46. The SMILES string of the molecule is CCSCc1nc(=S)c2c([nH]1)CCOC2. The summed E-state index contributed by atoms with van der Waals surface area (Å²) in [5.74, 6) is 3.00. The van der Waals surface area contributed by atoms with Crippen LogP contribution in [0.2, 0.25) is 0 Å². The zero-order valence-electron chi connectivity index (χ0n) is 8.71. The van der Waals surface area contributed by atoms with Gasteiger partial charge in [-0.05, 0) is 5.75 Å². The lowest BCUT2D eigenvalue weighted by molar-refractivity contribution is 0.108. The van der Waals surface area contributed by atoms with Gasteiger partial charge in [0.05, 0.1) is 19.0 Å². The van der Waals surface area contributed by atoms with Crippen molar-refractivity contribution in [2.45, 2.75) is 25.7 Å². The van der Waals surface area contributed by atoms with Crippen LogP contribution < -0.4 is 0 Å². The van der Waals surface area contributed by atoms with Crippen molar-refractivity contribution in [3.63, 3.8) is 0 Å². The van der Waals surface area contributed by atoms with Crippen molar-refractivity contribution in [3.8, 4) is 0 Å². The van der Waals surface area contributed by atoms with Gasteiger partial charge in [-0.25, -0.2) is 4.98 Å². The van der Waals surface area contributed by atoms with Crippen LogP contribution in [0, 0.1) is 4.64 Å². The highest BCUT2D eigenvalue weighted by atomic mass is 32.2. The Morgan fingerprint density at radius 2 is 2.47 bits per heavy atom. The van der Waals surface area contributed by atoms with Gasteiger partial charge in [0.25, 0.3) is 0 Å². The van der Waals surface area contributed by atoms with Crippen molar-refractivity contribution in [2.75, 3.05) is 12.4 Å². The Balaban J connectivity index is 2.28. The third-order valence-corrected chi connectivity index (χ3v) is 3.56. The van der Waals surface area contributed by atoms with E-state index >= 15 is 0 Å². The standard InChI is InChI=1S/C10H14N2OS2/c1-2-15-6-9-11-8-3-4-13-5-7(8)10(14)12-9/h2-6H2,1H3,(H,11,12,14). The van der Waals surface area contributed by atoms with E-state index in [0.717, 1.165) is 35.9 Å². The number of aromatic nitrogens is 2. The molecule has 0 aliphatic carbocycles. The van der Waals surface area contributed by atoms with Crippen LogP contribution in [0.25, 0.3) is 0 Å². The number of nitrogens with one attached hydrogen (secondary N) is 1. The maximum atomic E-state index is 5.37. The first-order valence-corrected chi connectivity index (χ1v) is 6.64. The van der Waals surface area contributed by atoms with Gasteiger partial charge < -0.3 is 9.72 Å². The first-order chi connectivity index (χ1) is 7.31. The summed E-state index contributed by atoms with van der Waals surface area (Å²) in [6.45, 7) is 3.53. The van der Waals surface area contributed by atoms with Crippen molar-refractivity contribution >= 4 is 24.0 Å². The average molecular weight is 242 g/mol. The van der Waals surface area contributed by atoms with Gasteiger partial charge in [-0.15, -0.1) is 0 Å². The Hall–Kier alpha value is -0.390. The van der Waals surface area contributed by atoms with Crippen LogP contribution in [0.1, 0.15) is 24.0 Å². The van der Waals surface area contributed by atoms with Crippen LogP contribution in [0.3, 0.4) is 0 Å². The Bertz CT molecular complexity index is 403. The number of thioether (sulfide) groups is 1. The van der Waals surface area contributed by atoms with E-state index in [2.05, 4.69) is 16.9 Å². The second kappa shape index (κ2) is 5.09. The molecule has 0 spiro atoms. The Morgan fingerprint density at radius 3 is 3.27 bits per heavy atom. The first-order valence-electron chi connectivity index (χ1n) is 5.07. The third-order valence-electron chi connectivity index (χ3n) is 2.34. The van der Waals surface area contributed by atoms with Crippen LogP contribution >= 0.6 is 24.0 Å². The molecular formula is C10H14N2OS2. The molecule has 82 valence electrons. The molecule has 5 heteroatoms. The number of hydrogen-bond acceptors (Lipinski definition) is 4. The number of fused-ring (bicyclic) bond motifs is 1. The van der Waals surface area contributed by atoms with Crippen LogP contribution in [0.5, 0.6) is 0 Å². The minimum absolute atomic E-state index is 0.610. The minimum atomic E-state index is 0.610. The second-order valence-electron chi connectivity index (χ2n) is 3.39. The van der Waals surface area contributed by atoms with E-state index in [1.54, 1.807) is 0 Å². The minimum Gasteiger partial charge on any atom is -0.376 e. The van der Waals surface area contributed by atoms with E-state index in [9.17, 15) is 0 Å². The van der Waals surface area contributed by atoms with Gasteiger partial charge in [-0.3, -0.25) is 0 Å². The molecule has 0 saturated heterocycles. The molecule has 1 N–H and O–H groups in total. The van der Waals surface area contributed by atoms with Gasteiger partial charge in [-0.2, -0.15) is 11.8 Å². The summed E-state index contributed by atoms with van der Waals surface area (Å²) in [5, 5.41) is 0. The summed E-state index contributed by atoms with van der Waals surface area (Å²) in [7, 11) is 0. The van der Waals surface area contributed by atoms with Crippen molar-refractivity contribution in [2.24, 2.45) is 0 Å². The third kappa shape index (κ3) is 2.59. The fourth-order valence-electron chi connectivity index (χ4n) is 1.57. The van der Waals surface area contributed by atoms with Gasteiger partial charge in [0.1, 0.15) is 10.5 Å². The molecule has 15 heavy (non-hydrogen) atoms. The Labute approximate surface area is 98.6 Å². The molecular weight excluding hydrogens is 228 g/mol. The van der Waals surface area contributed by atoms with Gasteiger partial charge in [0.15, 0.2) is 0 Å². The number of ether oxygens (including phenoxy) is 1. The second-order valence-corrected chi connectivity index (χ2v) is 5.05. The van der Waals surface area contributed by atoms with Crippen molar-refractivity contribution < 1.29 is 4.74 Å². The summed E-state index contributed by atoms with van der Waals surface area (Å²) < 4.78 is 6.07. The molecule has 1 aliphatic rings. The molecule has 0 fully saturated rings. The lowest BCUT2D eigenvalue weighted by Crippen LogP contribution is -2.14. The van der Waals surface area contributed by atoms with Crippen molar-refractivity contribution in [1.82, 2.24) is 9.97 Å². The topological polar surface area (TPSA) is 37.9 Å². The van der Waals surface area contributed by atoms with E-state index in [1.165, 1.54) is 5.69 Å². The molecule has 2 heterocycles. The number of aromatic amines is 1. The van der Waals surface area contributed by atoms with E-state index in [-0.39, 0.29) is 0 Å². The lowest BCUT2D eigenvalue weighted by atomic mass is 10.1. The van der Waals surface area contributed by atoms with E-state index in [4.69, 9.17) is 17.0 Å². The lowest BCUT2D eigenvalue weighted by Gasteiger charge is -2.16. The highest BCUT2D eigenvalue weighted by molar-refractivity contribution is 7.98. The van der Waals surface area contributed by atoms with Crippen LogP contribution in [0.4, 0.5) is 0 Å². The summed E-state index contributed by atoms with van der Waals surface area (Å²) in [6.07, 6.45) is 0.922. The molecule has 0 atom stereocenters. The molecule has 0 bridgehead atoms. The molecule has 3 nitrogen and oxygen atoms in total. The average Bonchev–Trinajstić information content (AvgIpc) is 2.26. The fourth-order valence-corrected chi connectivity index (χ4v) is 2.40. The first kappa shape index (κ1) is 11.1. The molecule has 0 aromatic carbocycles. The van der Waals surface area contributed by atoms with E-state index < -0.39 is 0 Å². The summed E-state index contributed by atoms with van der Waals surface area (Å²) in [5.41, 5.74) is 2.29. The molecule has 1 aromatic rings. The van der Waals surface area contributed by atoms with Gasteiger partial charge in [0.2, 0.25) is 0 Å². The number of hydrogen-bond donors (Lipinski definition) is 1. The van der Waals surface area contributed by atoms with Crippen LogP contribution in [-0.2, 0) is 23.5 Å². The number of nitrogens with zero attached hydrogens (tertiary/aromatic N) is 1. The quantitative estimate of drug-likeness (QED) is 0.826. The zero-order chi connectivity index (χ0) is 10.7. The molecule has 0 amide bonds. The number of rotatable bonds is 3. The molecule has 2 rings (SSSR count). The normalized spacial score (nSPS) is 15.0. The molecule has 1 aromatic heterocycles. The highest BCUT2D eigenvalue weighted by Crippen LogP contribution is 2.17. The van der Waals surface area contributed by atoms with Crippen molar-refractivity contribution in [1.29, 1.82) is 0 Å². The molecule has 0 saturated carbocycles. The molecule has 0 radical (unpaired) electrons. The smallest absolute Gasteiger partial charge is 0.135 e. The molecule has 0 unspecified atom stereocenters. The van der Waals surface area contributed by atoms with Crippen LogP contribution in [-0.4, -0.2) is 22.3 Å². The Kier molecular flexibility index (Phi) is 3.77. The predicted molar refractivity (Wildman–Crippen MR) is 64.6 cm³/mol. The van der Waals surface area contributed by atoms with Gasteiger partial charge in [-0.1, -0.05) is 19.1 Å².